The largest absolute Gasteiger partial charge is 0.438 e. The van der Waals surface area contributed by atoms with E-state index < -0.39 is 0 Å². The number of hydrogen-bond donors (Lipinski definition) is 0. The van der Waals surface area contributed by atoms with Crippen LogP contribution in [0.2, 0.25) is 0 Å². The summed E-state index contributed by atoms with van der Waals surface area (Å²) in [5.74, 6) is 1.25. The Morgan fingerprint density at radius 1 is 1.25 bits per heavy atom. The zero-order valence-corrected chi connectivity index (χ0v) is 12.6. The van der Waals surface area contributed by atoms with Crippen LogP contribution in [0.1, 0.15) is 37.6 Å². The molecule has 4 nitrogen and oxygen atoms in total. The molecule has 0 aliphatic carbocycles. The maximum absolute atomic E-state index is 9.24. The molecule has 0 atom stereocenters. The number of nitriles is 1. The highest BCUT2D eigenvalue weighted by Crippen LogP contribution is 2.35. The third-order valence-electron chi connectivity index (χ3n) is 3.18. The highest BCUT2D eigenvalue weighted by molar-refractivity contribution is 5.47. The zero-order valence-electron chi connectivity index (χ0n) is 12.6. The van der Waals surface area contributed by atoms with Gasteiger partial charge in [-0.1, -0.05) is 39.0 Å². The highest BCUT2D eigenvalue weighted by Gasteiger charge is 2.21. The summed E-state index contributed by atoms with van der Waals surface area (Å²) in [5, 5.41) is 13.5. The van der Waals surface area contributed by atoms with Gasteiger partial charge in [-0.15, -0.1) is 0 Å². The van der Waals surface area contributed by atoms with Crippen molar-refractivity contribution in [1.82, 2.24) is 9.78 Å². The molecule has 0 spiro atoms. The molecule has 1 heterocycles. The summed E-state index contributed by atoms with van der Waals surface area (Å²) in [6.45, 7) is 8.21. The van der Waals surface area contributed by atoms with Gasteiger partial charge in [-0.2, -0.15) is 10.4 Å². The van der Waals surface area contributed by atoms with Gasteiger partial charge in [-0.05, 0) is 18.4 Å². The van der Waals surface area contributed by atoms with Crippen LogP contribution in [0.25, 0.3) is 0 Å². The summed E-state index contributed by atoms with van der Waals surface area (Å²) >= 11 is 0. The first-order chi connectivity index (χ1) is 9.34. The molecule has 0 bridgehead atoms. The Morgan fingerprint density at radius 3 is 2.50 bits per heavy atom. The molecule has 0 saturated heterocycles. The predicted octanol–water partition coefficient (Wildman–Crippen LogP) is 3.69. The number of para-hydroxylation sites is 1. The fourth-order valence-electron chi connectivity index (χ4n) is 2.16. The average molecular weight is 269 g/mol. The Kier molecular flexibility index (Phi) is 3.54. The molecule has 1 aromatic carbocycles. The lowest BCUT2D eigenvalue weighted by atomic mass is 9.86. The molecule has 0 aliphatic rings. The summed E-state index contributed by atoms with van der Waals surface area (Å²) < 4.78 is 7.59. The molecule has 0 N–H and O–H groups in total. The van der Waals surface area contributed by atoms with E-state index in [0.717, 1.165) is 11.3 Å². The second-order valence-corrected chi connectivity index (χ2v) is 5.85. The number of hydrogen-bond acceptors (Lipinski definition) is 3. The van der Waals surface area contributed by atoms with Gasteiger partial charge in [0.15, 0.2) is 0 Å². The van der Waals surface area contributed by atoms with E-state index in [1.807, 2.05) is 24.3 Å². The molecular formula is C16H19N3O. The smallest absolute Gasteiger partial charge is 0.235 e. The van der Waals surface area contributed by atoms with Crippen molar-refractivity contribution in [1.29, 1.82) is 5.26 Å². The number of aromatic nitrogens is 2. The van der Waals surface area contributed by atoms with Gasteiger partial charge in [0.1, 0.15) is 17.4 Å². The lowest BCUT2D eigenvalue weighted by molar-refractivity contribution is 0.413. The van der Waals surface area contributed by atoms with Crippen molar-refractivity contribution in [2.45, 2.75) is 33.1 Å². The molecule has 2 rings (SSSR count). The average Bonchev–Trinajstić information content (AvgIpc) is 2.63. The van der Waals surface area contributed by atoms with Gasteiger partial charge in [-0.3, -0.25) is 0 Å². The molecule has 0 unspecified atom stereocenters. The second-order valence-electron chi connectivity index (χ2n) is 5.85. The van der Waals surface area contributed by atoms with Gasteiger partial charge in [0.25, 0.3) is 0 Å². The maximum atomic E-state index is 9.24. The molecule has 0 aliphatic heterocycles. The summed E-state index contributed by atoms with van der Waals surface area (Å²) in [7, 11) is 1.78. The van der Waals surface area contributed by atoms with Crippen LogP contribution in [-0.2, 0) is 12.5 Å². The van der Waals surface area contributed by atoms with Crippen LogP contribution in [0.5, 0.6) is 11.6 Å². The Labute approximate surface area is 119 Å². The molecular weight excluding hydrogens is 250 g/mol. The van der Waals surface area contributed by atoms with Gasteiger partial charge in [0.2, 0.25) is 5.88 Å². The molecule has 0 amide bonds. The van der Waals surface area contributed by atoms with Crippen molar-refractivity contribution in [2.24, 2.45) is 7.05 Å². The van der Waals surface area contributed by atoms with Crippen molar-refractivity contribution in [3.63, 3.8) is 0 Å². The Balaban J connectivity index is 2.50. The number of aryl methyl sites for hydroxylation is 2. The first-order valence-corrected chi connectivity index (χ1v) is 6.55. The minimum atomic E-state index is -0.0307. The zero-order chi connectivity index (χ0) is 14.9. The molecule has 2 aromatic rings. The summed E-state index contributed by atoms with van der Waals surface area (Å²) in [5.41, 5.74) is 2.23. The topological polar surface area (TPSA) is 50.8 Å². The summed E-state index contributed by atoms with van der Waals surface area (Å²) in [6.07, 6.45) is 0. The van der Waals surface area contributed by atoms with E-state index in [4.69, 9.17) is 4.74 Å². The van der Waals surface area contributed by atoms with Crippen molar-refractivity contribution in [3.8, 4) is 17.7 Å². The van der Waals surface area contributed by atoms with Crippen molar-refractivity contribution >= 4 is 0 Å². The lowest BCUT2D eigenvalue weighted by Crippen LogP contribution is -2.12. The molecule has 104 valence electrons. The van der Waals surface area contributed by atoms with E-state index in [9.17, 15) is 5.26 Å². The minimum Gasteiger partial charge on any atom is -0.438 e. The SMILES string of the molecule is Cc1nn(C)c(Oc2ccccc2C(C)(C)C)c1C#N. The maximum Gasteiger partial charge on any atom is 0.235 e. The fraction of sp³-hybridized carbons (Fsp3) is 0.375. The Hall–Kier alpha value is -2.28. The van der Waals surface area contributed by atoms with Crippen molar-refractivity contribution in [3.05, 3.63) is 41.1 Å². The second kappa shape index (κ2) is 5.01. The van der Waals surface area contributed by atoms with E-state index in [1.165, 1.54) is 0 Å². The van der Waals surface area contributed by atoms with E-state index in [2.05, 4.69) is 31.9 Å². The monoisotopic (exact) mass is 269 g/mol. The molecule has 4 heteroatoms. The van der Waals surface area contributed by atoms with Crippen molar-refractivity contribution < 1.29 is 4.74 Å². The van der Waals surface area contributed by atoms with E-state index >= 15 is 0 Å². The first kappa shape index (κ1) is 14.1. The number of rotatable bonds is 2. The van der Waals surface area contributed by atoms with E-state index in [-0.39, 0.29) is 5.41 Å². The van der Waals surface area contributed by atoms with Crippen molar-refractivity contribution in [2.75, 3.05) is 0 Å². The normalized spacial score (nSPS) is 11.2. The minimum absolute atomic E-state index is 0.0307. The van der Waals surface area contributed by atoms with Crippen LogP contribution in [0.15, 0.2) is 24.3 Å². The third kappa shape index (κ3) is 2.53. The predicted molar refractivity (Wildman–Crippen MR) is 77.9 cm³/mol. The van der Waals surface area contributed by atoms with Gasteiger partial charge in [0, 0.05) is 12.6 Å². The van der Waals surface area contributed by atoms with Crippen LogP contribution in [0.3, 0.4) is 0 Å². The van der Waals surface area contributed by atoms with Crippen LogP contribution < -0.4 is 4.74 Å². The third-order valence-corrected chi connectivity index (χ3v) is 3.18. The number of benzene rings is 1. The quantitative estimate of drug-likeness (QED) is 0.835. The number of ether oxygens (including phenoxy) is 1. The first-order valence-electron chi connectivity index (χ1n) is 6.55. The van der Waals surface area contributed by atoms with Crippen LogP contribution >= 0.6 is 0 Å². The highest BCUT2D eigenvalue weighted by atomic mass is 16.5. The van der Waals surface area contributed by atoms with Gasteiger partial charge >= 0.3 is 0 Å². The summed E-state index contributed by atoms with van der Waals surface area (Å²) in [4.78, 5) is 0. The van der Waals surface area contributed by atoms with E-state index in [1.54, 1.807) is 18.7 Å². The number of nitrogens with zero attached hydrogens (tertiary/aromatic N) is 3. The standard InChI is InChI=1S/C16H19N3O/c1-11-12(10-17)15(19(5)18-11)20-14-9-7-6-8-13(14)16(2,3)4/h6-9H,1-5H3. The molecule has 0 fully saturated rings. The molecule has 0 radical (unpaired) electrons. The van der Waals surface area contributed by atoms with Gasteiger partial charge in [-0.25, -0.2) is 4.68 Å². The summed E-state index contributed by atoms with van der Waals surface area (Å²) in [6, 6.07) is 10.0. The molecule has 20 heavy (non-hydrogen) atoms. The lowest BCUT2D eigenvalue weighted by Gasteiger charge is -2.22. The van der Waals surface area contributed by atoms with Crippen LogP contribution in [-0.4, -0.2) is 9.78 Å². The van der Waals surface area contributed by atoms with Gasteiger partial charge < -0.3 is 4.74 Å². The van der Waals surface area contributed by atoms with Gasteiger partial charge in [0.05, 0.1) is 5.69 Å². The molecule has 0 saturated carbocycles. The van der Waals surface area contributed by atoms with Crippen LogP contribution in [0.4, 0.5) is 0 Å². The fourth-order valence-corrected chi connectivity index (χ4v) is 2.16. The Bertz CT molecular complexity index is 672. The molecule has 1 aromatic heterocycles. The van der Waals surface area contributed by atoms with E-state index in [0.29, 0.717) is 17.1 Å². The Morgan fingerprint density at radius 2 is 1.90 bits per heavy atom. The van der Waals surface area contributed by atoms with Crippen LogP contribution in [0, 0.1) is 18.3 Å².